The molecule has 2 rings (SSSR count). The van der Waals surface area contributed by atoms with Crippen LogP contribution in [0.1, 0.15) is 36.9 Å². The summed E-state index contributed by atoms with van der Waals surface area (Å²) in [7, 11) is 1.60. The van der Waals surface area contributed by atoms with E-state index in [4.69, 9.17) is 13.9 Å². The Morgan fingerprint density at radius 3 is 2.76 bits per heavy atom. The summed E-state index contributed by atoms with van der Waals surface area (Å²) in [5, 5.41) is 2.84. The molecule has 0 aliphatic rings. The number of hydrogen-bond donors (Lipinski definition) is 1. The molecule has 0 aliphatic heterocycles. The van der Waals surface area contributed by atoms with Gasteiger partial charge in [-0.2, -0.15) is 0 Å². The molecule has 1 aromatic carbocycles. The molecule has 2 aromatic rings. The monoisotopic (exact) mass is 292 g/mol. The summed E-state index contributed by atoms with van der Waals surface area (Å²) < 4.78 is 16.2. The van der Waals surface area contributed by atoms with E-state index in [2.05, 4.69) is 19.2 Å². The molecule has 0 bridgehead atoms. The topological polar surface area (TPSA) is 65.3 Å². The fourth-order valence-electron chi connectivity index (χ4n) is 2.17. The van der Waals surface area contributed by atoms with Crippen LogP contribution < -0.4 is 10.1 Å². The molecule has 0 amide bonds. The van der Waals surface area contributed by atoms with Crippen molar-refractivity contribution < 1.29 is 24.0 Å². The number of quaternary nitrogens is 1. The van der Waals surface area contributed by atoms with Crippen molar-refractivity contribution in [2.75, 3.05) is 13.7 Å². The SMILES string of the molecule is CCOC(=O)c1c(C[NH2+]C(C)C)oc2ccc(OC)cc12. The van der Waals surface area contributed by atoms with Crippen molar-refractivity contribution in [3.63, 3.8) is 0 Å². The molecule has 0 aliphatic carbocycles. The van der Waals surface area contributed by atoms with Crippen LogP contribution in [0, 0.1) is 0 Å². The normalized spacial score (nSPS) is 11.1. The Morgan fingerprint density at radius 1 is 1.38 bits per heavy atom. The lowest BCUT2D eigenvalue weighted by atomic mass is 10.1. The number of carbonyl (C=O) groups excluding carboxylic acids is 1. The highest BCUT2D eigenvalue weighted by Gasteiger charge is 2.23. The highest BCUT2D eigenvalue weighted by Crippen LogP contribution is 2.29. The van der Waals surface area contributed by atoms with Crippen molar-refractivity contribution in [1.29, 1.82) is 0 Å². The first-order valence-electron chi connectivity index (χ1n) is 7.16. The van der Waals surface area contributed by atoms with Gasteiger partial charge in [-0.3, -0.25) is 0 Å². The number of hydrogen-bond acceptors (Lipinski definition) is 4. The molecule has 0 saturated carbocycles. The minimum atomic E-state index is -0.350. The second-order valence-electron chi connectivity index (χ2n) is 5.17. The third-order valence-corrected chi connectivity index (χ3v) is 3.22. The van der Waals surface area contributed by atoms with Gasteiger partial charge in [-0.25, -0.2) is 4.79 Å². The Bertz CT molecular complexity index is 630. The van der Waals surface area contributed by atoms with Gasteiger partial charge >= 0.3 is 5.97 Å². The third kappa shape index (κ3) is 3.36. The molecule has 5 heteroatoms. The summed E-state index contributed by atoms with van der Waals surface area (Å²) in [6.07, 6.45) is 0. The van der Waals surface area contributed by atoms with Gasteiger partial charge in [-0.1, -0.05) is 0 Å². The molecule has 0 spiro atoms. The molecule has 5 nitrogen and oxygen atoms in total. The Balaban J connectivity index is 2.49. The molecule has 114 valence electrons. The van der Waals surface area contributed by atoms with Crippen LogP contribution in [-0.2, 0) is 11.3 Å². The van der Waals surface area contributed by atoms with Crippen LogP contribution in [0.4, 0.5) is 0 Å². The maximum atomic E-state index is 12.2. The van der Waals surface area contributed by atoms with Gasteiger partial charge in [0.25, 0.3) is 0 Å². The number of benzene rings is 1. The Kier molecular flexibility index (Phi) is 4.85. The van der Waals surface area contributed by atoms with Crippen molar-refractivity contribution in [2.45, 2.75) is 33.4 Å². The zero-order chi connectivity index (χ0) is 15.4. The number of carbonyl (C=O) groups is 1. The number of ether oxygens (including phenoxy) is 2. The first-order chi connectivity index (χ1) is 10.1. The van der Waals surface area contributed by atoms with Crippen molar-refractivity contribution in [3.8, 4) is 5.75 Å². The molecule has 0 saturated heterocycles. The molecule has 1 aromatic heterocycles. The summed E-state index contributed by atoms with van der Waals surface area (Å²) in [6, 6.07) is 5.86. The van der Waals surface area contributed by atoms with Crippen LogP contribution >= 0.6 is 0 Å². The molecule has 0 fully saturated rings. The van der Waals surface area contributed by atoms with Crippen LogP contribution in [0.2, 0.25) is 0 Å². The first-order valence-corrected chi connectivity index (χ1v) is 7.16. The number of rotatable bonds is 6. The average Bonchev–Trinajstić information content (AvgIpc) is 2.82. The lowest BCUT2D eigenvalue weighted by molar-refractivity contribution is -0.699. The van der Waals surface area contributed by atoms with Gasteiger partial charge in [-0.05, 0) is 39.0 Å². The third-order valence-electron chi connectivity index (χ3n) is 3.22. The van der Waals surface area contributed by atoms with Crippen molar-refractivity contribution in [3.05, 3.63) is 29.5 Å². The van der Waals surface area contributed by atoms with Gasteiger partial charge in [0.1, 0.15) is 23.4 Å². The number of nitrogens with two attached hydrogens (primary N) is 1. The predicted molar refractivity (Wildman–Crippen MR) is 79.5 cm³/mol. The van der Waals surface area contributed by atoms with Gasteiger partial charge in [0.15, 0.2) is 5.76 Å². The molecule has 2 N–H and O–H groups in total. The van der Waals surface area contributed by atoms with Crippen molar-refractivity contribution in [1.82, 2.24) is 0 Å². The van der Waals surface area contributed by atoms with E-state index in [0.717, 1.165) is 5.39 Å². The van der Waals surface area contributed by atoms with E-state index < -0.39 is 0 Å². The molecule has 21 heavy (non-hydrogen) atoms. The van der Waals surface area contributed by atoms with Gasteiger partial charge in [0.05, 0.1) is 19.8 Å². The summed E-state index contributed by atoms with van der Waals surface area (Å²) in [5.74, 6) is 0.982. The maximum absolute atomic E-state index is 12.2. The van der Waals surface area contributed by atoms with Crippen molar-refractivity contribution >= 4 is 16.9 Å². The summed E-state index contributed by atoms with van der Waals surface area (Å²) in [4.78, 5) is 12.2. The van der Waals surface area contributed by atoms with Crippen LogP contribution in [-0.4, -0.2) is 25.7 Å². The zero-order valence-electron chi connectivity index (χ0n) is 12.9. The fraction of sp³-hybridized carbons (Fsp3) is 0.438. The van der Waals surface area contributed by atoms with Gasteiger partial charge in [0, 0.05) is 5.39 Å². The van der Waals surface area contributed by atoms with E-state index >= 15 is 0 Å². The fourth-order valence-corrected chi connectivity index (χ4v) is 2.17. The van der Waals surface area contributed by atoms with Crippen LogP contribution in [0.3, 0.4) is 0 Å². The smallest absolute Gasteiger partial charge is 0.342 e. The van der Waals surface area contributed by atoms with Crippen LogP contribution in [0.15, 0.2) is 22.6 Å². The minimum absolute atomic E-state index is 0.336. The lowest BCUT2D eigenvalue weighted by Crippen LogP contribution is -2.87. The van der Waals surface area contributed by atoms with E-state index in [1.54, 1.807) is 14.0 Å². The predicted octanol–water partition coefficient (Wildman–Crippen LogP) is 2.09. The van der Waals surface area contributed by atoms with E-state index in [1.807, 2.05) is 18.2 Å². The first kappa shape index (κ1) is 15.4. The summed E-state index contributed by atoms with van der Waals surface area (Å²) in [5.41, 5.74) is 1.17. The van der Waals surface area contributed by atoms with Crippen molar-refractivity contribution in [2.24, 2.45) is 0 Å². The van der Waals surface area contributed by atoms with E-state index in [9.17, 15) is 4.79 Å². The molecule has 1 heterocycles. The Morgan fingerprint density at radius 2 is 2.14 bits per heavy atom. The number of furan rings is 1. The maximum Gasteiger partial charge on any atom is 0.342 e. The minimum Gasteiger partial charge on any atom is -0.497 e. The number of esters is 1. The molecule has 0 atom stereocenters. The average molecular weight is 292 g/mol. The number of fused-ring (bicyclic) bond motifs is 1. The quantitative estimate of drug-likeness (QED) is 0.828. The standard InChI is InChI=1S/C16H21NO4/c1-5-20-16(18)15-12-8-11(19-4)6-7-13(12)21-14(15)9-17-10(2)3/h6-8,10,17H,5,9H2,1-4H3/p+1. The van der Waals surface area contributed by atoms with Gasteiger partial charge < -0.3 is 19.2 Å². The molecular weight excluding hydrogens is 270 g/mol. The highest BCUT2D eigenvalue weighted by molar-refractivity contribution is 6.04. The zero-order valence-corrected chi connectivity index (χ0v) is 12.9. The lowest BCUT2D eigenvalue weighted by Gasteiger charge is -2.05. The second-order valence-corrected chi connectivity index (χ2v) is 5.17. The van der Waals surface area contributed by atoms with E-state index in [0.29, 0.717) is 41.8 Å². The Labute approximate surface area is 124 Å². The van der Waals surface area contributed by atoms with Crippen LogP contribution in [0.25, 0.3) is 11.0 Å². The van der Waals surface area contributed by atoms with E-state index in [-0.39, 0.29) is 5.97 Å². The van der Waals surface area contributed by atoms with Gasteiger partial charge in [0.2, 0.25) is 0 Å². The highest BCUT2D eigenvalue weighted by atomic mass is 16.5. The van der Waals surface area contributed by atoms with Crippen LogP contribution in [0.5, 0.6) is 5.75 Å². The molecule has 0 radical (unpaired) electrons. The molecular formula is C16H22NO4+. The summed E-state index contributed by atoms with van der Waals surface area (Å²) >= 11 is 0. The molecule has 0 unspecified atom stereocenters. The second kappa shape index (κ2) is 6.63. The van der Waals surface area contributed by atoms with Gasteiger partial charge in [-0.15, -0.1) is 0 Å². The summed E-state index contributed by atoms with van der Waals surface area (Å²) in [6.45, 7) is 6.91. The number of methoxy groups -OCH3 is 1. The largest absolute Gasteiger partial charge is 0.497 e. The Hall–Kier alpha value is -2.01. The van der Waals surface area contributed by atoms with E-state index in [1.165, 1.54) is 0 Å².